The lowest BCUT2D eigenvalue weighted by atomic mass is 10.0. The fourth-order valence-corrected chi connectivity index (χ4v) is 4.31. The van der Waals surface area contributed by atoms with Gasteiger partial charge in [0.25, 0.3) is 0 Å². The Morgan fingerprint density at radius 3 is 2.29 bits per heavy atom. The molecule has 0 saturated carbocycles. The number of hydrogen-bond acceptors (Lipinski definition) is 4. The minimum Gasteiger partial charge on any atom is -0.253 e. The first-order valence-electron chi connectivity index (χ1n) is 10.5. The quantitative estimate of drug-likeness (QED) is 0.254. The van der Waals surface area contributed by atoms with Gasteiger partial charge in [0, 0.05) is 5.56 Å². The Morgan fingerprint density at radius 2 is 1.61 bits per heavy atom. The Bertz CT molecular complexity index is 1190. The van der Waals surface area contributed by atoms with Crippen molar-refractivity contribution in [2.45, 2.75) is 33.6 Å². The highest BCUT2D eigenvalue weighted by molar-refractivity contribution is 7.19. The third kappa shape index (κ3) is 4.92. The maximum atomic E-state index is 4.89. The smallest absolute Gasteiger partial charge is 0.204 e. The van der Waals surface area contributed by atoms with E-state index in [1.807, 2.05) is 12.3 Å². The number of nitrogens with zero attached hydrogens (tertiary/aromatic N) is 2. The van der Waals surface area contributed by atoms with Crippen LogP contribution in [-0.4, -0.2) is 11.2 Å². The van der Waals surface area contributed by atoms with Gasteiger partial charge < -0.3 is 0 Å². The minimum absolute atomic E-state index is 0.527. The van der Waals surface area contributed by atoms with Crippen LogP contribution in [-0.2, 0) is 0 Å². The lowest BCUT2D eigenvalue weighted by Crippen LogP contribution is -1.92. The van der Waals surface area contributed by atoms with Crippen molar-refractivity contribution < 1.29 is 0 Å². The first-order valence-corrected chi connectivity index (χ1v) is 11.4. The molecule has 3 aromatic carbocycles. The standard InChI is InChI=1S/C27H27N3S/c1-18(2)22-14-11-21(12-15-22)17-28-30-27-29-25(24-13-10-19(3)20(4)16-24)26(31-27)23-8-6-5-7-9-23/h5-18H,1-4H3,(H,29,30)/b28-17-. The zero-order valence-corrected chi connectivity index (χ0v) is 19.2. The first kappa shape index (κ1) is 21.0. The van der Waals surface area contributed by atoms with E-state index in [9.17, 15) is 0 Å². The van der Waals surface area contributed by atoms with Gasteiger partial charge in [-0.2, -0.15) is 5.10 Å². The number of aromatic nitrogens is 1. The van der Waals surface area contributed by atoms with Crippen molar-refractivity contribution in [1.29, 1.82) is 0 Å². The van der Waals surface area contributed by atoms with E-state index in [4.69, 9.17) is 4.98 Å². The molecule has 156 valence electrons. The molecular formula is C27H27N3S. The van der Waals surface area contributed by atoms with Crippen LogP contribution < -0.4 is 5.43 Å². The highest BCUT2D eigenvalue weighted by atomic mass is 32.1. The summed E-state index contributed by atoms with van der Waals surface area (Å²) in [5, 5.41) is 5.21. The highest BCUT2D eigenvalue weighted by Gasteiger charge is 2.15. The van der Waals surface area contributed by atoms with Crippen molar-refractivity contribution in [1.82, 2.24) is 4.98 Å². The summed E-state index contributed by atoms with van der Waals surface area (Å²) >= 11 is 1.62. The molecule has 0 unspecified atom stereocenters. The molecule has 0 bridgehead atoms. The van der Waals surface area contributed by atoms with Crippen LogP contribution in [0.1, 0.15) is 42.0 Å². The summed E-state index contributed by atoms with van der Waals surface area (Å²) in [5.41, 5.74) is 11.3. The molecule has 1 heterocycles. The molecule has 0 fully saturated rings. The SMILES string of the molecule is Cc1ccc(-c2nc(N/N=C\c3ccc(C(C)C)cc3)sc2-c2ccccc2)cc1C. The second-order valence-corrected chi connectivity index (χ2v) is 9.05. The highest BCUT2D eigenvalue weighted by Crippen LogP contribution is 2.39. The van der Waals surface area contributed by atoms with E-state index in [1.165, 1.54) is 16.7 Å². The summed E-state index contributed by atoms with van der Waals surface area (Å²) in [5.74, 6) is 0.527. The van der Waals surface area contributed by atoms with Crippen LogP contribution in [0.15, 0.2) is 77.9 Å². The summed E-state index contributed by atoms with van der Waals surface area (Å²) in [6.07, 6.45) is 1.84. The Morgan fingerprint density at radius 1 is 0.871 bits per heavy atom. The Hall–Kier alpha value is -3.24. The summed E-state index contributed by atoms with van der Waals surface area (Å²) in [6.45, 7) is 8.67. The number of hydrazone groups is 1. The molecule has 31 heavy (non-hydrogen) atoms. The molecule has 0 aliphatic carbocycles. The largest absolute Gasteiger partial charge is 0.253 e. The van der Waals surface area contributed by atoms with E-state index >= 15 is 0 Å². The van der Waals surface area contributed by atoms with Gasteiger partial charge >= 0.3 is 0 Å². The Kier molecular flexibility index (Phi) is 6.28. The molecule has 4 heteroatoms. The van der Waals surface area contributed by atoms with Gasteiger partial charge in [0.15, 0.2) is 0 Å². The van der Waals surface area contributed by atoms with Crippen LogP contribution in [0.3, 0.4) is 0 Å². The number of nitrogens with one attached hydrogen (secondary N) is 1. The number of rotatable bonds is 6. The van der Waals surface area contributed by atoms with Crippen molar-refractivity contribution in [3.8, 4) is 21.7 Å². The zero-order valence-electron chi connectivity index (χ0n) is 18.4. The fraction of sp³-hybridized carbons (Fsp3) is 0.185. The molecule has 3 nitrogen and oxygen atoms in total. The van der Waals surface area contributed by atoms with Gasteiger partial charge in [-0.05, 0) is 53.6 Å². The molecule has 4 aromatic rings. The van der Waals surface area contributed by atoms with Gasteiger partial charge in [0.05, 0.1) is 16.8 Å². The third-order valence-electron chi connectivity index (χ3n) is 5.42. The van der Waals surface area contributed by atoms with E-state index in [-0.39, 0.29) is 0 Å². The number of aryl methyl sites for hydroxylation is 2. The van der Waals surface area contributed by atoms with E-state index in [2.05, 4.69) is 105 Å². The monoisotopic (exact) mass is 425 g/mol. The molecule has 0 saturated heterocycles. The molecule has 1 N–H and O–H groups in total. The molecular weight excluding hydrogens is 398 g/mol. The van der Waals surface area contributed by atoms with Gasteiger partial charge in [-0.25, -0.2) is 4.98 Å². The Labute approximate surface area is 188 Å². The number of benzene rings is 3. The number of anilines is 1. The molecule has 0 spiro atoms. The van der Waals surface area contributed by atoms with Gasteiger partial charge in [0.2, 0.25) is 5.13 Å². The average molecular weight is 426 g/mol. The summed E-state index contributed by atoms with van der Waals surface area (Å²) in [7, 11) is 0. The Balaban J connectivity index is 1.62. The van der Waals surface area contributed by atoms with Crippen molar-refractivity contribution >= 4 is 22.7 Å². The van der Waals surface area contributed by atoms with E-state index < -0.39 is 0 Å². The second kappa shape index (κ2) is 9.27. The summed E-state index contributed by atoms with van der Waals surface area (Å²) in [6, 6.07) is 25.4. The maximum Gasteiger partial charge on any atom is 0.204 e. The normalized spacial score (nSPS) is 11.4. The van der Waals surface area contributed by atoms with Crippen LogP contribution in [0.25, 0.3) is 21.7 Å². The van der Waals surface area contributed by atoms with Crippen LogP contribution >= 0.6 is 11.3 Å². The van der Waals surface area contributed by atoms with E-state index in [0.717, 1.165) is 32.4 Å². The van der Waals surface area contributed by atoms with Gasteiger partial charge in [0.1, 0.15) is 0 Å². The van der Waals surface area contributed by atoms with E-state index in [1.54, 1.807) is 11.3 Å². The molecule has 0 aliphatic heterocycles. The second-order valence-electron chi connectivity index (χ2n) is 8.05. The number of hydrogen-bond donors (Lipinski definition) is 1. The lowest BCUT2D eigenvalue weighted by Gasteiger charge is -2.05. The molecule has 0 amide bonds. The summed E-state index contributed by atoms with van der Waals surface area (Å²) in [4.78, 5) is 6.03. The average Bonchev–Trinajstić information content (AvgIpc) is 3.21. The van der Waals surface area contributed by atoms with Crippen molar-refractivity contribution in [3.63, 3.8) is 0 Å². The first-order chi connectivity index (χ1) is 15.0. The van der Waals surface area contributed by atoms with Gasteiger partial charge in [-0.3, -0.25) is 5.43 Å². The predicted molar refractivity (Wildman–Crippen MR) is 134 cm³/mol. The number of thiazole rings is 1. The van der Waals surface area contributed by atoms with Crippen LogP contribution in [0.4, 0.5) is 5.13 Å². The van der Waals surface area contributed by atoms with E-state index in [0.29, 0.717) is 5.92 Å². The molecule has 4 rings (SSSR count). The van der Waals surface area contributed by atoms with Gasteiger partial charge in [-0.15, -0.1) is 0 Å². The predicted octanol–water partition coefficient (Wildman–Crippen LogP) is 7.66. The molecule has 0 radical (unpaired) electrons. The molecule has 0 aliphatic rings. The fourth-order valence-electron chi connectivity index (χ4n) is 3.37. The van der Waals surface area contributed by atoms with Gasteiger partial charge in [-0.1, -0.05) is 91.9 Å². The van der Waals surface area contributed by atoms with Crippen molar-refractivity contribution in [2.24, 2.45) is 5.10 Å². The maximum absolute atomic E-state index is 4.89. The van der Waals surface area contributed by atoms with Crippen LogP contribution in [0.5, 0.6) is 0 Å². The minimum atomic E-state index is 0.527. The zero-order chi connectivity index (χ0) is 21.8. The van der Waals surface area contributed by atoms with Crippen molar-refractivity contribution in [3.05, 3.63) is 95.1 Å². The van der Waals surface area contributed by atoms with Crippen LogP contribution in [0.2, 0.25) is 0 Å². The van der Waals surface area contributed by atoms with Crippen LogP contribution in [0, 0.1) is 13.8 Å². The lowest BCUT2D eigenvalue weighted by molar-refractivity contribution is 0.866. The molecule has 1 aromatic heterocycles. The summed E-state index contributed by atoms with van der Waals surface area (Å²) < 4.78 is 0. The third-order valence-corrected chi connectivity index (χ3v) is 6.43. The topological polar surface area (TPSA) is 37.3 Å². The molecule has 0 atom stereocenters. The van der Waals surface area contributed by atoms with Crippen molar-refractivity contribution in [2.75, 3.05) is 5.43 Å².